The molecule has 1 saturated carbocycles. The number of hydrogen-bond acceptors (Lipinski definition) is 6. The number of pyridine rings is 1. The fourth-order valence-corrected chi connectivity index (χ4v) is 4.66. The summed E-state index contributed by atoms with van der Waals surface area (Å²) in [6, 6.07) is 2.81. The Balaban J connectivity index is 1.24. The van der Waals surface area contributed by atoms with Gasteiger partial charge in [-0.05, 0) is 37.8 Å². The number of fused-ring (bicyclic) bond motifs is 1. The Morgan fingerprint density at radius 1 is 1.20 bits per heavy atom. The first-order valence-corrected chi connectivity index (χ1v) is 12.0. The molecule has 2 aromatic heterocycles. The standard InChI is InChI=1S/C24H25ClF2N6O2/c1-13-23(34)31-22-19(25)14(9-17(26)20(22)29-13)12-32-5-7-33(8-6-32)16-10-18(27)21(28-11-16)24(35)30-15-3-2-4-15/h9-11,15H,2-8,12H2,1H3,(H,30,35)(H,31,34). The molecule has 8 nitrogen and oxygen atoms in total. The molecule has 3 heterocycles. The van der Waals surface area contributed by atoms with E-state index in [1.807, 2.05) is 4.90 Å². The molecular weight excluding hydrogens is 478 g/mol. The van der Waals surface area contributed by atoms with E-state index in [-0.39, 0.29) is 33.5 Å². The second-order valence-corrected chi connectivity index (χ2v) is 9.47. The van der Waals surface area contributed by atoms with Crippen molar-refractivity contribution in [3.05, 3.63) is 62.3 Å². The third kappa shape index (κ3) is 4.72. The Hall–Kier alpha value is -3.11. The van der Waals surface area contributed by atoms with Crippen molar-refractivity contribution in [3.8, 4) is 0 Å². The van der Waals surface area contributed by atoms with Crippen LogP contribution in [0.4, 0.5) is 14.5 Å². The topological polar surface area (TPSA) is 94.2 Å². The van der Waals surface area contributed by atoms with Crippen LogP contribution < -0.4 is 15.8 Å². The predicted molar refractivity (Wildman–Crippen MR) is 129 cm³/mol. The summed E-state index contributed by atoms with van der Waals surface area (Å²) in [5.41, 5.74) is 0.984. The molecule has 2 fully saturated rings. The SMILES string of the molecule is Cc1nc2c(F)cc(CN3CCN(c4cnc(C(=O)NC5CCC5)c(F)c4)CC3)c(Cl)c2[nH]c1=O. The fourth-order valence-electron chi connectivity index (χ4n) is 4.41. The number of halogens is 3. The first-order valence-electron chi connectivity index (χ1n) is 11.6. The molecule has 0 bridgehead atoms. The van der Waals surface area contributed by atoms with Gasteiger partial charge in [-0.3, -0.25) is 14.5 Å². The van der Waals surface area contributed by atoms with Crippen LogP contribution in [0.5, 0.6) is 0 Å². The lowest BCUT2D eigenvalue weighted by atomic mass is 9.93. The number of aryl methyl sites for hydroxylation is 1. The maximum Gasteiger partial charge on any atom is 0.273 e. The number of nitrogens with zero attached hydrogens (tertiary/aromatic N) is 4. The molecule has 1 aromatic carbocycles. The van der Waals surface area contributed by atoms with Crippen LogP contribution in [0, 0.1) is 18.6 Å². The number of carbonyl (C=O) groups excluding carboxylic acids is 1. The number of anilines is 1. The number of rotatable bonds is 5. The molecule has 2 N–H and O–H groups in total. The van der Waals surface area contributed by atoms with Gasteiger partial charge >= 0.3 is 0 Å². The molecule has 0 unspecified atom stereocenters. The molecule has 184 valence electrons. The first kappa shape index (κ1) is 23.6. The van der Waals surface area contributed by atoms with Crippen molar-refractivity contribution in [2.75, 3.05) is 31.1 Å². The number of amides is 1. The smallest absolute Gasteiger partial charge is 0.273 e. The van der Waals surface area contributed by atoms with E-state index in [0.29, 0.717) is 44.0 Å². The van der Waals surface area contributed by atoms with Crippen molar-refractivity contribution in [1.82, 2.24) is 25.2 Å². The monoisotopic (exact) mass is 502 g/mol. The first-order chi connectivity index (χ1) is 16.8. The molecular formula is C24H25ClF2N6O2. The van der Waals surface area contributed by atoms with Gasteiger partial charge in [-0.15, -0.1) is 0 Å². The summed E-state index contributed by atoms with van der Waals surface area (Å²) in [7, 11) is 0. The van der Waals surface area contributed by atoms with Gasteiger partial charge in [-0.2, -0.15) is 0 Å². The highest BCUT2D eigenvalue weighted by atomic mass is 35.5. The number of H-pyrrole nitrogens is 1. The summed E-state index contributed by atoms with van der Waals surface area (Å²) in [6.07, 6.45) is 4.43. The van der Waals surface area contributed by atoms with Crippen LogP contribution >= 0.6 is 11.6 Å². The van der Waals surface area contributed by atoms with Gasteiger partial charge in [0.25, 0.3) is 11.5 Å². The Bertz CT molecular complexity index is 1350. The number of nitrogens with one attached hydrogen (secondary N) is 2. The van der Waals surface area contributed by atoms with Crippen molar-refractivity contribution in [2.45, 2.75) is 38.8 Å². The normalized spacial score (nSPS) is 17.0. The Kier molecular flexibility index (Phi) is 6.41. The Morgan fingerprint density at radius 2 is 1.94 bits per heavy atom. The lowest BCUT2D eigenvalue weighted by molar-refractivity contribution is 0.0907. The van der Waals surface area contributed by atoms with E-state index >= 15 is 0 Å². The highest BCUT2D eigenvalue weighted by Gasteiger charge is 2.25. The van der Waals surface area contributed by atoms with Gasteiger partial charge in [0.1, 0.15) is 11.2 Å². The van der Waals surface area contributed by atoms with Crippen molar-refractivity contribution in [3.63, 3.8) is 0 Å². The van der Waals surface area contributed by atoms with Crippen LogP contribution in [-0.2, 0) is 6.54 Å². The quantitative estimate of drug-likeness (QED) is 0.556. The van der Waals surface area contributed by atoms with Crippen molar-refractivity contribution < 1.29 is 13.6 Å². The van der Waals surface area contributed by atoms with E-state index in [9.17, 15) is 18.4 Å². The summed E-state index contributed by atoms with van der Waals surface area (Å²) in [4.78, 5) is 39.0. The maximum atomic E-state index is 14.7. The van der Waals surface area contributed by atoms with Crippen LogP contribution in [-0.4, -0.2) is 58.0 Å². The zero-order valence-corrected chi connectivity index (χ0v) is 20.0. The number of carbonyl (C=O) groups is 1. The lowest BCUT2D eigenvalue weighted by Gasteiger charge is -2.36. The molecule has 1 amide bonds. The summed E-state index contributed by atoms with van der Waals surface area (Å²) < 4.78 is 29.3. The van der Waals surface area contributed by atoms with E-state index in [2.05, 4.69) is 25.2 Å². The molecule has 1 aliphatic carbocycles. The zero-order valence-electron chi connectivity index (χ0n) is 19.2. The molecule has 11 heteroatoms. The average molecular weight is 503 g/mol. The molecule has 35 heavy (non-hydrogen) atoms. The molecule has 3 aromatic rings. The van der Waals surface area contributed by atoms with Crippen LogP contribution in [0.15, 0.2) is 23.1 Å². The van der Waals surface area contributed by atoms with E-state index < -0.39 is 23.1 Å². The average Bonchev–Trinajstić information content (AvgIpc) is 2.81. The largest absolute Gasteiger partial charge is 0.368 e. The Labute approximate surface area is 205 Å². The lowest BCUT2D eigenvalue weighted by Crippen LogP contribution is -2.46. The summed E-state index contributed by atoms with van der Waals surface area (Å²) in [5.74, 6) is -1.66. The summed E-state index contributed by atoms with van der Waals surface area (Å²) in [6.45, 7) is 4.36. The van der Waals surface area contributed by atoms with Crippen LogP contribution in [0.3, 0.4) is 0 Å². The van der Waals surface area contributed by atoms with Gasteiger partial charge in [-0.1, -0.05) is 11.6 Å². The molecule has 0 radical (unpaired) electrons. The van der Waals surface area contributed by atoms with Gasteiger partial charge in [-0.25, -0.2) is 18.7 Å². The number of piperazine rings is 1. The van der Waals surface area contributed by atoms with Crippen LogP contribution in [0.2, 0.25) is 5.02 Å². The number of aromatic amines is 1. The summed E-state index contributed by atoms with van der Waals surface area (Å²) in [5, 5.41) is 3.08. The minimum Gasteiger partial charge on any atom is -0.368 e. The number of benzene rings is 1. The number of hydrogen-bond donors (Lipinski definition) is 2. The van der Waals surface area contributed by atoms with Gasteiger partial charge < -0.3 is 15.2 Å². The van der Waals surface area contributed by atoms with Gasteiger partial charge in [0, 0.05) is 44.8 Å². The van der Waals surface area contributed by atoms with E-state index in [4.69, 9.17) is 11.6 Å². The van der Waals surface area contributed by atoms with Crippen LogP contribution in [0.1, 0.15) is 41.0 Å². The van der Waals surface area contributed by atoms with Crippen LogP contribution in [0.25, 0.3) is 11.0 Å². The van der Waals surface area contributed by atoms with Crippen molar-refractivity contribution >= 4 is 34.2 Å². The van der Waals surface area contributed by atoms with Crippen molar-refractivity contribution in [2.24, 2.45) is 0 Å². The molecule has 1 aliphatic heterocycles. The van der Waals surface area contributed by atoms with Gasteiger partial charge in [0.15, 0.2) is 17.3 Å². The zero-order chi connectivity index (χ0) is 24.7. The number of aromatic nitrogens is 3. The highest BCUT2D eigenvalue weighted by Crippen LogP contribution is 2.28. The minimum atomic E-state index is -0.641. The van der Waals surface area contributed by atoms with Gasteiger partial charge in [0.2, 0.25) is 0 Å². The fraction of sp³-hybridized carbons (Fsp3) is 0.417. The minimum absolute atomic E-state index is 0.0417. The van der Waals surface area contributed by atoms with Gasteiger partial charge in [0.05, 0.1) is 22.4 Å². The predicted octanol–water partition coefficient (Wildman–Crippen LogP) is 3.16. The third-order valence-corrected chi connectivity index (χ3v) is 7.16. The third-order valence-electron chi connectivity index (χ3n) is 6.73. The van der Waals surface area contributed by atoms with Crippen molar-refractivity contribution in [1.29, 1.82) is 0 Å². The highest BCUT2D eigenvalue weighted by molar-refractivity contribution is 6.35. The molecule has 0 spiro atoms. The maximum absolute atomic E-state index is 14.7. The van der Waals surface area contributed by atoms with E-state index in [0.717, 1.165) is 19.3 Å². The second kappa shape index (κ2) is 9.50. The molecule has 1 saturated heterocycles. The molecule has 0 atom stereocenters. The van der Waals surface area contributed by atoms with E-state index in [1.165, 1.54) is 25.3 Å². The van der Waals surface area contributed by atoms with E-state index in [1.54, 1.807) is 0 Å². The second-order valence-electron chi connectivity index (χ2n) is 9.09. The molecule has 5 rings (SSSR count). The summed E-state index contributed by atoms with van der Waals surface area (Å²) >= 11 is 6.49. The Morgan fingerprint density at radius 3 is 2.60 bits per heavy atom. The molecule has 2 aliphatic rings.